The Bertz CT molecular complexity index is 753. The lowest BCUT2D eigenvalue weighted by atomic mass is 9.91. The molecule has 1 unspecified atom stereocenters. The fourth-order valence-corrected chi connectivity index (χ4v) is 2.96. The fraction of sp³-hybridized carbons (Fsp3) is 0.450. The number of aliphatic hydroxyl groups is 1. The lowest BCUT2D eigenvalue weighted by Gasteiger charge is -2.39. The maximum atomic E-state index is 12.6. The van der Waals surface area contributed by atoms with Gasteiger partial charge in [-0.05, 0) is 18.9 Å². The standard InChI is InChI=1S/C20H26N4O2/c1-15(2)20(3,26)19(25)24-13-11-23(12-14-24)17-9-10-21-18(22-17)16-7-5-4-6-8-16/h4-10,15,26H,11-14H2,1-3H3. The SMILES string of the molecule is CC(C)C(C)(O)C(=O)N1CCN(c2ccnc(-c3ccccc3)n2)CC1. The smallest absolute Gasteiger partial charge is 0.254 e. The molecule has 1 saturated heterocycles. The summed E-state index contributed by atoms with van der Waals surface area (Å²) in [5.41, 5.74) is -0.339. The second-order valence-corrected chi connectivity index (χ2v) is 7.19. The summed E-state index contributed by atoms with van der Waals surface area (Å²) < 4.78 is 0. The number of aromatic nitrogens is 2. The van der Waals surface area contributed by atoms with E-state index in [1.165, 1.54) is 0 Å². The number of amides is 1. The summed E-state index contributed by atoms with van der Waals surface area (Å²) in [5, 5.41) is 10.4. The van der Waals surface area contributed by atoms with Gasteiger partial charge in [-0.25, -0.2) is 9.97 Å². The maximum absolute atomic E-state index is 12.6. The fourth-order valence-electron chi connectivity index (χ4n) is 2.96. The van der Waals surface area contributed by atoms with Crippen LogP contribution in [0.5, 0.6) is 0 Å². The summed E-state index contributed by atoms with van der Waals surface area (Å²) in [6.45, 7) is 7.85. The topological polar surface area (TPSA) is 69.6 Å². The zero-order valence-corrected chi connectivity index (χ0v) is 15.6. The molecule has 0 saturated carbocycles. The van der Waals surface area contributed by atoms with Crippen LogP contribution in [-0.4, -0.2) is 57.7 Å². The largest absolute Gasteiger partial charge is 0.380 e. The van der Waals surface area contributed by atoms with E-state index in [0.29, 0.717) is 32.0 Å². The van der Waals surface area contributed by atoms with Gasteiger partial charge in [0.05, 0.1) is 0 Å². The number of benzene rings is 1. The molecule has 2 aromatic rings. The van der Waals surface area contributed by atoms with Crippen molar-refractivity contribution in [1.29, 1.82) is 0 Å². The Balaban J connectivity index is 1.68. The van der Waals surface area contributed by atoms with Crippen LogP contribution >= 0.6 is 0 Å². The molecule has 0 bridgehead atoms. The van der Waals surface area contributed by atoms with Crippen LogP contribution in [0.2, 0.25) is 0 Å². The number of carbonyl (C=O) groups excluding carboxylic acids is 1. The van der Waals surface area contributed by atoms with E-state index in [2.05, 4.69) is 14.9 Å². The molecule has 0 spiro atoms. The van der Waals surface area contributed by atoms with Gasteiger partial charge in [0.1, 0.15) is 11.4 Å². The third-order valence-corrected chi connectivity index (χ3v) is 5.12. The number of hydrogen-bond donors (Lipinski definition) is 1. The molecule has 3 rings (SSSR count). The molecule has 0 aliphatic carbocycles. The molecule has 1 fully saturated rings. The van der Waals surface area contributed by atoms with E-state index in [0.717, 1.165) is 11.4 Å². The molecular formula is C20H26N4O2. The van der Waals surface area contributed by atoms with Gasteiger partial charge in [-0.2, -0.15) is 0 Å². The van der Waals surface area contributed by atoms with E-state index < -0.39 is 5.60 Å². The van der Waals surface area contributed by atoms with Crippen LogP contribution in [0, 0.1) is 5.92 Å². The summed E-state index contributed by atoms with van der Waals surface area (Å²) in [5.74, 6) is 1.24. The van der Waals surface area contributed by atoms with Crippen LogP contribution in [0.15, 0.2) is 42.6 Å². The van der Waals surface area contributed by atoms with E-state index >= 15 is 0 Å². The van der Waals surface area contributed by atoms with Gasteiger partial charge in [-0.15, -0.1) is 0 Å². The highest BCUT2D eigenvalue weighted by Crippen LogP contribution is 2.22. The van der Waals surface area contributed by atoms with Crippen molar-refractivity contribution < 1.29 is 9.90 Å². The lowest BCUT2D eigenvalue weighted by Crippen LogP contribution is -2.56. The number of carbonyl (C=O) groups is 1. The molecule has 1 atom stereocenters. The summed E-state index contributed by atoms with van der Waals surface area (Å²) in [6.07, 6.45) is 1.77. The number of anilines is 1. The number of hydrogen-bond acceptors (Lipinski definition) is 5. The molecule has 6 heteroatoms. The highest BCUT2D eigenvalue weighted by Gasteiger charge is 2.38. The first-order valence-electron chi connectivity index (χ1n) is 9.04. The van der Waals surface area contributed by atoms with E-state index in [1.54, 1.807) is 18.0 Å². The molecular weight excluding hydrogens is 328 g/mol. The quantitative estimate of drug-likeness (QED) is 0.911. The van der Waals surface area contributed by atoms with Gasteiger partial charge in [0, 0.05) is 37.9 Å². The van der Waals surface area contributed by atoms with Crippen molar-refractivity contribution in [3.63, 3.8) is 0 Å². The normalized spacial score (nSPS) is 17.3. The molecule has 2 heterocycles. The first kappa shape index (κ1) is 18.3. The van der Waals surface area contributed by atoms with Crippen molar-refractivity contribution in [2.24, 2.45) is 5.92 Å². The van der Waals surface area contributed by atoms with Crippen molar-refractivity contribution in [2.75, 3.05) is 31.1 Å². The Hall–Kier alpha value is -2.47. The van der Waals surface area contributed by atoms with Gasteiger partial charge in [-0.3, -0.25) is 4.79 Å². The highest BCUT2D eigenvalue weighted by atomic mass is 16.3. The molecule has 0 radical (unpaired) electrons. The Kier molecular flexibility index (Phi) is 5.23. The Morgan fingerprint density at radius 2 is 1.77 bits per heavy atom. The number of rotatable bonds is 4. The van der Waals surface area contributed by atoms with Gasteiger partial charge in [0.15, 0.2) is 5.82 Å². The van der Waals surface area contributed by atoms with E-state index in [9.17, 15) is 9.90 Å². The van der Waals surface area contributed by atoms with Crippen LogP contribution in [0.25, 0.3) is 11.4 Å². The summed E-state index contributed by atoms with van der Waals surface area (Å²) >= 11 is 0. The number of piperazine rings is 1. The molecule has 1 aromatic heterocycles. The summed E-state index contributed by atoms with van der Waals surface area (Å²) in [4.78, 5) is 25.5. The average Bonchev–Trinajstić information content (AvgIpc) is 2.68. The molecule has 1 amide bonds. The third-order valence-electron chi connectivity index (χ3n) is 5.12. The zero-order valence-electron chi connectivity index (χ0n) is 15.6. The molecule has 1 N–H and O–H groups in total. The average molecular weight is 354 g/mol. The molecule has 26 heavy (non-hydrogen) atoms. The van der Waals surface area contributed by atoms with Gasteiger partial charge >= 0.3 is 0 Å². The van der Waals surface area contributed by atoms with Crippen LogP contribution in [0.1, 0.15) is 20.8 Å². The lowest BCUT2D eigenvalue weighted by molar-refractivity contribution is -0.154. The van der Waals surface area contributed by atoms with E-state index in [1.807, 2.05) is 50.2 Å². The highest BCUT2D eigenvalue weighted by molar-refractivity contribution is 5.85. The number of nitrogens with zero attached hydrogens (tertiary/aromatic N) is 4. The molecule has 1 aromatic carbocycles. The van der Waals surface area contributed by atoms with Crippen molar-refractivity contribution in [1.82, 2.24) is 14.9 Å². The van der Waals surface area contributed by atoms with Crippen LogP contribution in [0.4, 0.5) is 5.82 Å². The van der Waals surface area contributed by atoms with Crippen LogP contribution in [-0.2, 0) is 4.79 Å². The first-order chi connectivity index (χ1) is 12.4. The van der Waals surface area contributed by atoms with Crippen molar-refractivity contribution in [3.05, 3.63) is 42.6 Å². The molecule has 1 aliphatic heterocycles. The summed E-state index contributed by atoms with van der Waals surface area (Å²) in [7, 11) is 0. The third kappa shape index (κ3) is 3.70. The predicted octanol–water partition coefficient (Wildman–Crippen LogP) is 2.20. The first-order valence-corrected chi connectivity index (χ1v) is 9.04. The van der Waals surface area contributed by atoms with Gasteiger partial charge in [0.2, 0.25) is 0 Å². The monoisotopic (exact) mass is 354 g/mol. The molecule has 138 valence electrons. The van der Waals surface area contributed by atoms with Gasteiger partial charge in [0.25, 0.3) is 5.91 Å². The van der Waals surface area contributed by atoms with Crippen molar-refractivity contribution in [3.8, 4) is 11.4 Å². The molecule has 6 nitrogen and oxygen atoms in total. The van der Waals surface area contributed by atoms with Gasteiger partial charge < -0.3 is 14.9 Å². The van der Waals surface area contributed by atoms with E-state index in [-0.39, 0.29) is 11.8 Å². The van der Waals surface area contributed by atoms with Crippen LogP contribution < -0.4 is 4.90 Å². The minimum atomic E-state index is -1.32. The van der Waals surface area contributed by atoms with Gasteiger partial charge in [-0.1, -0.05) is 44.2 Å². The Labute approximate surface area is 154 Å². The van der Waals surface area contributed by atoms with Crippen LogP contribution in [0.3, 0.4) is 0 Å². The Morgan fingerprint density at radius 3 is 2.38 bits per heavy atom. The Morgan fingerprint density at radius 1 is 1.12 bits per heavy atom. The van der Waals surface area contributed by atoms with E-state index in [4.69, 9.17) is 0 Å². The minimum Gasteiger partial charge on any atom is -0.380 e. The maximum Gasteiger partial charge on any atom is 0.254 e. The second kappa shape index (κ2) is 7.41. The van der Waals surface area contributed by atoms with Crippen molar-refractivity contribution in [2.45, 2.75) is 26.4 Å². The zero-order chi connectivity index (χ0) is 18.7. The van der Waals surface area contributed by atoms with Crippen molar-refractivity contribution >= 4 is 11.7 Å². The minimum absolute atomic E-state index is 0.122. The predicted molar refractivity (Wildman–Crippen MR) is 102 cm³/mol. The second-order valence-electron chi connectivity index (χ2n) is 7.19. The molecule has 1 aliphatic rings. The summed E-state index contributed by atoms with van der Waals surface area (Å²) in [6, 6.07) is 11.8.